The Kier molecular flexibility index (Phi) is 5.31. The van der Waals surface area contributed by atoms with Crippen LogP contribution in [0.25, 0.3) is 0 Å². The van der Waals surface area contributed by atoms with Gasteiger partial charge >= 0.3 is 11.6 Å². The highest BCUT2D eigenvalue weighted by molar-refractivity contribution is 6.02. The monoisotopic (exact) mass is 351 g/mol. The maximum Gasteiger partial charge on any atom is 0.350 e. The van der Waals surface area contributed by atoms with E-state index in [1.165, 1.54) is 25.0 Å². The van der Waals surface area contributed by atoms with Gasteiger partial charge in [-0.3, -0.25) is 29.1 Å². The molecule has 12 heteroatoms. The van der Waals surface area contributed by atoms with E-state index in [1.54, 1.807) is 0 Å². The van der Waals surface area contributed by atoms with Gasteiger partial charge in [-0.2, -0.15) is 5.10 Å². The number of carbonyl (C=O) groups is 2. The highest BCUT2D eigenvalue weighted by Crippen LogP contribution is 2.24. The van der Waals surface area contributed by atoms with Gasteiger partial charge in [0.1, 0.15) is 12.7 Å². The second-order valence-electron chi connectivity index (χ2n) is 4.85. The fourth-order valence-corrected chi connectivity index (χ4v) is 2.04. The number of nitro groups is 1. The number of methoxy groups -OCH3 is 1. The number of aromatic nitrogens is 4. The number of hydrogen-bond donors (Lipinski definition) is 2. The minimum Gasteiger partial charge on any atom is -0.475 e. The number of ether oxygens (including phenoxy) is 1. The average Bonchev–Trinajstić information content (AvgIpc) is 3.17. The summed E-state index contributed by atoms with van der Waals surface area (Å²) < 4.78 is 7.38. The summed E-state index contributed by atoms with van der Waals surface area (Å²) >= 11 is 0. The molecule has 0 spiro atoms. The summed E-state index contributed by atoms with van der Waals surface area (Å²) in [5.74, 6) is -1.16. The van der Waals surface area contributed by atoms with E-state index in [1.807, 2.05) is 6.92 Å². The van der Waals surface area contributed by atoms with Gasteiger partial charge in [-0.05, 0) is 6.92 Å². The van der Waals surface area contributed by atoms with Crippen molar-refractivity contribution < 1.29 is 19.2 Å². The summed E-state index contributed by atoms with van der Waals surface area (Å²) in [5.41, 5.74) is -0.0401. The van der Waals surface area contributed by atoms with E-state index in [4.69, 9.17) is 4.74 Å². The number of nitrogens with zero attached hydrogens (tertiary/aromatic N) is 5. The summed E-state index contributed by atoms with van der Waals surface area (Å²) in [4.78, 5) is 34.2. The molecule has 0 aliphatic carbocycles. The van der Waals surface area contributed by atoms with Crippen molar-refractivity contribution in [2.75, 3.05) is 19.5 Å². The third kappa shape index (κ3) is 3.91. The molecule has 0 fully saturated rings. The van der Waals surface area contributed by atoms with Gasteiger partial charge in [0.25, 0.3) is 5.91 Å². The zero-order valence-corrected chi connectivity index (χ0v) is 13.8. The predicted octanol–water partition coefficient (Wildman–Crippen LogP) is 0.0146. The molecule has 12 nitrogen and oxygen atoms in total. The van der Waals surface area contributed by atoms with Crippen molar-refractivity contribution >= 4 is 23.2 Å². The maximum atomic E-state index is 12.2. The number of aryl methyl sites for hydroxylation is 1. The van der Waals surface area contributed by atoms with E-state index in [0.717, 1.165) is 10.9 Å². The summed E-state index contributed by atoms with van der Waals surface area (Å²) in [6, 6.07) is 0. The highest BCUT2D eigenvalue weighted by atomic mass is 16.6. The molecule has 134 valence electrons. The fraction of sp³-hybridized carbons (Fsp3) is 0.385. The van der Waals surface area contributed by atoms with Crippen LogP contribution in [0, 0.1) is 10.1 Å². The Labute approximate surface area is 141 Å². The lowest BCUT2D eigenvalue weighted by atomic mass is 10.3. The maximum absolute atomic E-state index is 12.2. The van der Waals surface area contributed by atoms with E-state index in [9.17, 15) is 19.7 Å². The first-order valence-corrected chi connectivity index (χ1v) is 7.24. The van der Waals surface area contributed by atoms with Crippen molar-refractivity contribution in [3.05, 3.63) is 28.2 Å². The SMILES string of the molecule is CCn1cc(NC(=O)Cn2cc([N+](=O)[O-])c(OC)n2)c(C(=O)NC)n1. The minimum atomic E-state index is -0.658. The Balaban J connectivity index is 2.17. The molecule has 0 aromatic carbocycles. The van der Waals surface area contributed by atoms with Crippen molar-refractivity contribution in [2.24, 2.45) is 0 Å². The van der Waals surface area contributed by atoms with Crippen LogP contribution in [-0.4, -0.2) is 50.5 Å². The lowest BCUT2D eigenvalue weighted by Crippen LogP contribution is -2.23. The lowest BCUT2D eigenvalue weighted by molar-refractivity contribution is -0.385. The number of carbonyl (C=O) groups excluding carboxylic acids is 2. The first-order valence-electron chi connectivity index (χ1n) is 7.24. The number of amides is 2. The van der Waals surface area contributed by atoms with Crippen LogP contribution in [0.15, 0.2) is 12.4 Å². The standard InChI is InChI=1S/C13H17N7O5/c1-4-18-5-8(11(16-18)12(22)14-2)15-10(21)7-19-6-9(20(23)24)13(17-19)25-3/h5-6H,4,7H2,1-3H3,(H,14,22)(H,15,21). The topological polar surface area (TPSA) is 146 Å². The van der Waals surface area contributed by atoms with Gasteiger partial charge < -0.3 is 15.4 Å². The van der Waals surface area contributed by atoms with Crippen LogP contribution in [0.2, 0.25) is 0 Å². The van der Waals surface area contributed by atoms with Gasteiger partial charge in [0, 0.05) is 19.8 Å². The van der Waals surface area contributed by atoms with Crippen LogP contribution in [0.5, 0.6) is 5.88 Å². The van der Waals surface area contributed by atoms with Crippen molar-refractivity contribution in [1.29, 1.82) is 0 Å². The molecule has 2 rings (SSSR count). The Morgan fingerprint density at radius 3 is 2.56 bits per heavy atom. The van der Waals surface area contributed by atoms with Crippen molar-refractivity contribution in [1.82, 2.24) is 24.9 Å². The highest BCUT2D eigenvalue weighted by Gasteiger charge is 2.22. The molecule has 0 bridgehead atoms. The van der Waals surface area contributed by atoms with Crippen molar-refractivity contribution in [2.45, 2.75) is 20.0 Å². The quantitative estimate of drug-likeness (QED) is 0.528. The molecule has 25 heavy (non-hydrogen) atoms. The third-order valence-electron chi connectivity index (χ3n) is 3.21. The normalized spacial score (nSPS) is 10.4. The molecule has 2 N–H and O–H groups in total. The lowest BCUT2D eigenvalue weighted by Gasteiger charge is -2.04. The smallest absolute Gasteiger partial charge is 0.350 e. The number of hydrogen-bond acceptors (Lipinski definition) is 7. The van der Waals surface area contributed by atoms with Gasteiger partial charge in [-0.1, -0.05) is 0 Å². The van der Waals surface area contributed by atoms with Crippen LogP contribution < -0.4 is 15.4 Å². The molecule has 0 saturated heterocycles. The van der Waals surface area contributed by atoms with E-state index >= 15 is 0 Å². The molecule has 2 aromatic heterocycles. The van der Waals surface area contributed by atoms with Gasteiger partial charge in [0.15, 0.2) is 5.69 Å². The van der Waals surface area contributed by atoms with Crippen LogP contribution in [0.4, 0.5) is 11.4 Å². The zero-order valence-electron chi connectivity index (χ0n) is 13.8. The first kappa shape index (κ1) is 17.9. The average molecular weight is 351 g/mol. The van der Waals surface area contributed by atoms with Gasteiger partial charge in [0.2, 0.25) is 5.91 Å². The molecular weight excluding hydrogens is 334 g/mol. The van der Waals surface area contributed by atoms with Crippen LogP contribution >= 0.6 is 0 Å². The third-order valence-corrected chi connectivity index (χ3v) is 3.21. The molecule has 2 amide bonds. The van der Waals surface area contributed by atoms with Gasteiger partial charge in [0.05, 0.1) is 17.7 Å². The molecule has 0 atom stereocenters. The van der Waals surface area contributed by atoms with Crippen LogP contribution in [0.1, 0.15) is 17.4 Å². The molecule has 0 unspecified atom stereocenters. The first-order chi connectivity index (χ1) is 11.9. The van der Waals surface area contributed by atoms with E-state index in [0.29, 0.717) is 6.54 Å². The summed E-state index contributed by atoms with van der Waals surface area (Å²) in [7, 11) is 2.70. The Morgan fingerprint density at radius 1 is 1.32 bits per heavy atom. The molecule has 2 heterocycles. The Morgan fingerprint density at radius 2 is 2.04 bits per heavy atom. The van der Waals surface area contributed by atoms with E-state index in [2.05, 4.69) is 20.8 Å². The zero-order chi connectivity index (χ0) is 18.6. The fourth-order valence-electron chi connectivity index (χ4n) is 2.04. The summed E-state index contributed by atoms with van der Waals surface area (Å²) in [6.07, 6.45) is 2.61. The minimum absolute atomic E-state index is 0.0710. The second-order valence-corrected chi connectivity index (χ2v) is 4.85. The predicted molar refractivity (Wildman–Crippen MR) is 85.4 cm³/mol. The molecule has 0 saturated carbocycles. The molecule has 2 aromatic rings. The number of anilines is 1. The van der Waals surface area contributed by atoms with Gasteiger partial charge in [-0.25, -0.2) is 0 Å². The van der Waals surface area contributed by atoms with E-state index in [-0.39, 0.29) is 29.5 Å². The second kappa shape index (κ2) is 7.42. The number of nitrogens with one attached hydrogen (secondary N) is 2. The largest absolute Gasteiger partial charge is 0.475 e. The Hall–Kier alpha value is -3.44. The van der Waals surface area contributed by atoms with Crippen LogP contribution in [0.3, 0.4) is 0 Å². The molecule has 0 radical (unpaired) electrons. The summed E-state index contributed by atoms with van der Waals surface area (Å²) in [6.45, 7) is 2.05. The molecule has 0 aliphatic heterocycles. The van der Waals surface area contributed by atoms with Crippen molar-refractivity contribution in [3.8, 4) is 5.88 Å². The van der Waals surface area contributed by atoms with E-state index < -0.39 is 16.7 Å². The van der Waals surface area contributed by atoms with Crippen molar-refractivity contribution in [3.63, 3.8) is 0 Å². The van der Waals surface area contributed by atoms with Crippen LogP contribution in [-0.2, 0) is 17.9 Å². The Bertz CT molecular complexity index is 810. The molecular formula is C13H17N7O5. The summed E-state index contributed by atoms with van der Waals surface area (Å²) in [5, 5.41) is 23.8. The number of rotatable bonds is 7. The van der Waals surface area contributed by atoms with Gasteiger partial charge in [-0.15, -0.1) is 5.10 Å². The molecule has 0 aliphatic rings.